The fraction of sp³-hybridized carbons (Fsp3) is 0.167. The van der Waals surface area contributed by atoms with Gasteiger partial charge in [-0.2, -0.15) is 0 Å². The zero-order valence-electron chi connectivity index (χ0n) is 14.3. The molecule has 0 unspecified atom stereocenters. The lowest BCUT2D eigenvalue weighted by molar-refractivity contribution is -0.0584. The van der Waals surface area contributed by atoms with Gasteiger partial charge in [0, 0.05) is 5.69 Å². The van der Waals surface area contributed by atoms with Crippen molar-refractivity contribution in [2.45, 2.75) is 13.3 Å². The Morgan fingerprint density at radius 2 is 1.56 bits per heavy atom. The third kappa shape index (κ3) is 3.82. The summed E-state index contributed by atoms with van der Waals surface area (Å²) >= 11 is 0. The number of rotatable bonds is 6. The van der Waals surface area contributed by atoms with Gasteiger partial charge in [-0.25, -0.2) is 13.2 Å². The van der Waals surface area contributed by atoms with E-state index in [4.69, 9.17) is 4.84 Å². The van der Waals surface area contributed by atoms with Gasteiger partial charge in [-0.15, -0.1) is 0 Å². The van der Waals surface area contributed by atoms with Crippen LogP contribution in [0, 0.1) is 0 Å². The number of fused-ring (bicyclic) bond motifs is 1. The van der Waals surface area contributed by atoms with Crippen LogP contribution in [0.15, 0.2) is 48.5 Å². The number of carbonyl (C=O) groups excluding carboxylic acids is 3. The van der Waals surface area contributed by atoms with E-state index in [0.717, 1.165) is 0 Å². The van der Waals surface area contributed by atoms with E-state index in [9.17, 15) is 22.8 Å². The molecular weight excluding hydrogens is 372 g/mol. The molecule has 0 fully saturated rings. The third-order valence-electron chi connectivity index (χ3n) is 3.80. The van der Waals surface area contributed by atoms with Crippen molar-refractivity contribution >= 4 is 33.5 Å². The second-order valence-electron chi connectivity index (χ2n) is 5.83. The molecule has 0 saturated heterocycles. The number of imide groups is 1. The number of hydrogen-bond acceptors (Lipinski definition) is 6. The number of carbonyl (C=O) groups is 3. The minimum atomic E-state index is -3.45. The molecule has 0 aliphatic carbocycles. The van der Waals surface area contributed by atoms with Crippen LogP contribution >= 0.6 is 0 Å². The molecule has 0 saturated carbocycles. The minimum Gasteiger partial charge on any atom is -0.324 e. The largest absolute Gasteiger partial charge is 0.363 e. The molecule has 27 heavy (non-hydrogen) atoms. The van der Waals surface area contributed by atoms with Crippen molar-refractivity contribution in [3.05, 3.63) is 65.2 Å². The Kier molecular flexibility index (Phi) is 4.95. The quantitative estimate of drug-likeness (QED) is 0.760. The average molecular weight is 388 g/mol. The molecule has 0 radical (unpaired) electrons. The van der Waals surface area contributed by atoms with Crippen molar-refractivity contribution in [3.8, 4) is 0 Å². The molecule has 8 nitrogen and oxygen atoms in total. The first-order valence-electron chi connectivity index (χ1n) is 8.13. The van der Waals surface area contributed by atoms with Crippen molar-refractivity contribution in [1.82, 2.24) is 5.06 Å². The van der Waals surface area contributed by atoms with E-state index in [2.05, 4.69) is 4.72 Å². The number of hydroxylamine groups is 2. The first kappa shape index (κ1) is 18.6. The number of anilines is 1. The Bertz CT molecular complexity index is 979. The number of amides is 2. The van der Waals surface area contributed by atoms with E-state index in [1.54, 1.807) is 19.1 Å². The SMILES string of the molecule is CCCS(=O)(=O)Nc1ccc(C(=O)ON2C(=O)c3ccccc3C2=O)cc1. The smallest absolute Gasteiger partial charge is 0.324 e. The van der Waals surface area contributed by atoms with Crippen LogP contribution in [0.5, 0.6) is 0 Å². The first-order chi connectivity index (χ1) is 12.8. The van der Waals surface area contributed by atoms with Crippen LogP contribution in [0.4, 0.5) is 5.69 Å². The average Bonchev–Trinajstić information content (AvgIpc) is 2.87. The van der Waals surface area contributed by atoms with E-state index in [-0.39, 0.29) is 22.4 Å². The fourth-order valence-corrected chi connectivity index (χ4v) is 3.69. The van der Waals surface area contributed by atoms with Gasteiger partial charge in [-0.3, -0.25) is 14.3 Å². The number of nitrogens with zero attached hydrogens (tertiary/aromatic N) is 1. The number of hydrogen-bond donors (Lipinski definition) is 1. The van der Waals surface area contributed by atoms with E-state index in [1.807, 2.05) is 0 Å². The van der Waals surface area contributed by atoms with Crippen molar-refractivity contribution in [3.63, 3.8) is 0 Å². The maximum atomic E-state index is 12.2. The Morgan fingerprint density at radius 1 is 1.00 bits per heavy atom. The normalized spacial score (nSPS) is 13.4. The molecule has 3 rings (SSSR count). The van der Waals surface area contributed by atoms with Crippen LogP contribution in [-0.2, 0) is 14.9 Å². The summed E-state index contributed by atoms with van der Waals surface area (Å²) < 4.78 is 25.9. The number of nitrogens with one attached hydrogen (secondary N) is 1. The fourth-order valence-electron chi connectivity index (χ4n) is 2.56. The molecule has 1 aliphatic heterocycles. The molecule has 2 aromatic carbocycles. The van der Waals surface area contributed by atoms with Gasteiger partial charge in [0.05, 0.1) is 22.4 Å². The summed E-state index contributed by atoms with van der Waals surface area (Å²) in [5.41, 5.74) is 0.678. The summed E-state index contributed by atoms with van der Waals surface area (Å²) in [7, 11) is -3.45. The zero-order chi connectivity index (χ0) is 19.6. The van der Waals surface area contributed by atoms with Crippen LogP contribution in [0.1, 0.15) is 44.4 Å². The standard InChI is InChI=1S/C18H16N2O6S/c1-2-11-27(24,25)19-13-9-7-12(8-10-13)18(23)26-20-16(21)14-5-3-4-6-15(14)17(20)22/h3-10,19H,2,11H2,1H3. The lowest BCUT2D eigenvalue weighted by Crippen LogP contribution is -2.32. The first-order valence-corrected chi connectivity index (χ1v) is 9.78. The second-order valence-corrected chi connectivity index (χ2v) is 7.67. The maximum Gasteiger partial charge on any atom is 0.363 e. The second kappa shape index (κ2) is 7.20. The van der Waals surface area contributed by atoms with Crippen LogP contribution in [0.2, 0.25) is 0 Å². The van der Waals surface area contributed by atoms with Gasteiger partial charge in [-0.1, -0.05) is 24.1 Å². The van der Waals surface area contributed by atoms with Crippen LogP contribution in [0.25, 0.3) is 0 Å². The molecule has 1 aliphatic rings. The molecule has 0 spiro atoms. The molecule has 1 heterocycles. The summed E-state index contributed by atoms with van der Waals surface area (Å²) in [5.74, 6) is -2.36. The molecule has 9 heteroatoms. The topological polar surface area (TPSA) is 110 Å². The summed E-state index contributed by atoms with van der Waals surface area (Å²) in [6, 6.07) is 11.6. The van der Waals surface area contributed by atoms with Crippen molar-refractivity contribution in [2.24, 2.45) is 0 Å². The van der Waals surface area contributed by atoms with Crippen LogP contribution < -0.4 is 4.72 Å². The Balaban J connectivity index is 1.71. The van der Waals surface area contributed by atoms with E-state index in [1.165, 1.54) is 36.4 Å². The molecule has 0 bridgehead atoms. The Hall–Kier alpha value is -3.20. The van der Waals surface area contributed by atoms with Crippen molar-refractivity contribution in [1.29, 1.82) is 0 Å². The van der Waals surface area contributed by atoms with Crippen LogP contribution in [0.3, 0.4) is 0 Å². The number of sulfonamides is 1. The highest BCUT2D eigenvalue weighted by Gasteiger charge is 2.38. The van der Waals surface area contributed by atoms with Gasteiger partial charge >= 0.3 is 5.97 Å². The summed E-state index contributed by atoms with van der Waals surface area (Å²) in [6.45, 7) is 1.75. The summed E-state index contributed by atoms with van der Waals surface area (Å²) in [5, 5.41) is 0.421. The van der Waals surface area contributed by atoms with Crippen LogP contribution in [-0.4, -0.2) is 37.0 Å². The van der Waals surface area contributed by atoms with Gasteiger partial charge in [-0.05, 0) is 42.8 Å². The summed E-state index contributed by atoms with van der Waals surface area (Å²) in [4.78, 5) is 41.6. The Morgan fingerprint density at radius 3 is 2.07 bits per heavy atom. The monoisotopic (exact) mass is 388 g/mol. The third-order valence-corrected chi connectivity index (χ3v) is 5.29. The van der Waals surface area contributed by atoms with Crippen molar-refractivity contribution < 1.29 is 27.6 Å². The molecule has 0 atom stereocenters. The van der Waals surface area contributed by atoms with Crippen molar-refractivity contribution in [2.75, 3.05) is 10.5 Å². The predicted molar refractivity (Wildman–Crippen MR) is 96.5 cm³/mol. The van der Waals surface area contributed by atoms with Gasteiger partial charge in [0.15, 0.2) is 0 Å². The molecule has 140 valence electrons. The molecule has 0 aromatic heterocycles. The molecule has 1 N–H and O–H groups in total. The highest BCUT2D eigenvalue weighted by molar-refractivity contribution is 7.92. The van der Waals surface area contributed by atoms with Gasteiger partial charge < -0.3 is 4.84 Å². The highest BCUT2D eigenvalue weighted by Crippen LogP contribution is 2.23. The maximum absolute atomic E-state index is 12.2. The lowest BCUT2D eigenvalue weighted by atomic mass is 10.1. The van der Waals surface area contributed by atoms with E-state index in [0.29, 0.717) is 17.2 Å². The lowest BCUT2D eigenvalue weighted by Gasteiger charge is -2.13. The van der Waals surface area contributed by atoms with Gasteiger partial charge in [0.2, 0.25) is 10.0 Å². The molecule has 2 aromatic rings. The van der Waals surface area contributed by atoms with E-state index < -0.39 is 27.8 Å². The molecule has 2 amide bonds. The van der Waals surface area contributed by atoms with Gasteiger partial charge in [0.25, 0.3) is 11.8 Å². The number of benzene rings is 2. The minimum absolute atomic E-state index is 0.0173. The van der Waals surface area contributed by atoms with E-state index >= 15 is 0 Å². The molecular formula is C18H16N2O6S. The Labute approximate surface area is 155 Å². The summed E-state index contributed by atoms with van der Waals surface area (Å²) in [6.07, 6.45) is 0.472. The predicted octanol–water partition coefficient (Wildman–Crippen LogP) is 2.21. The van der Waals surface area contributed by atoms with Gasteiger partial charge in [0.1, 0.15) is 0 Å². The zero-order valence-corrected chi connectivity index (χ0v) is 15.2. The highest BCUT2D eigenvalue weighted by atomic mass is 32.2.